The number of sulfone groups is 2. The number of hydrogen-bond donors (Lipinski definition) is 2. The molecule has 1 heterocycles. The molecule has 11 heteroatoms. The van der Waals surface area contributed by atoms with Crippen LogP contribution in [0.2, 0.25) is 0 Å². The lowest BCUT2D eigenvalue weighted by Crippen LogP contribution is -2.51. The van der Waals surface area contributed by atoms with Crippen LogP contribution in [0.1, 0.15) is 0 Å². The molecule has 1 unspecified atom stereocenters. The van der Waals surface area contributed by atoms with Crippen LogP contribution in [-0.2, 0) is 19.7 Å². The maximum atomic E-state index is 13.4. The molecular formula is C18H18N4O4S3. The van der Waals surface area contributed by atoms with Gasteiger partial charge in [0.05, 0.1) is 26.7 Å². The fourth-order valence-corrected chi connectivity index (χ4v) is 7.38. The number of rotatable bonds is 6. The fourth-order valence-electron chi connectivity index (χ4n) is 3.01. The van der Waals surface area contributed by atoms with E-state index in [1.165, 1.54) is 24.3 Å². The standard InChI is InChI=1S/C18H18N4O4S3/c19-16-15(17(20)22-18(27)21-16)14(29(25,26)13-9-5-2-6-10-13)11-28(23,24)12-7-3-1-4-8-12/h1-10,14-15H,11H2,(H4,19,20,21,22,27). The second-order valence-electron chi connectivity index (χ2n) is 6.32. The molecule has 0 spiro atoms. The monoisotopic (exact) mass is 450 g/mol. The Bertz CT molecular complexity index is 1170. The Balaban J connectivity index is 2.14. The summed E-state index contributed by atoms with van der Waals surface area (Å²) in [6, 6.07) is 15.1. The molecule has 0 aromatic heterocycles. The Morgan fingerprint density at radius 1 is 0.828 bits per heavy atom. The van der Waals surface area contributed by atoms with Crippen molar-refractivity contribution in [3.63, 3.8) is 0 Å². The van der Waals surface area contributed by atoms with E-state index in [4.69, 9.17) is 23.7 Å². The van der Waals surface area contributed by atoms with Crippen molar-refractivity contribution < 1.29 is 16.8 Å². The fraction of sp³-hybridized carbons (Fsp3) is 0.167. The highest BCUT2D eigenvalue weighted by molar-refractivity contribution is 7.95. The highest BCUT2D eigenvalue weighted by Crippen LogP contribution is 2.27. The van der Waals surface area contributed by atoms with Crippen LogP contribution in [0.15, 0.2) is 80.4 Å². The average Bonchev–Trinajstić information content (AvgIpc) is 2.68. The molecule has 152 valence electrons. The van der Waals surface area contributed by atoms with Gasteiger partial charge in [-0.2, -0.15) is 0 Å². The van der Waals surface area contributed by atoms with E-state index in [1.54, 1.807) is 36.4 Å². The molecule has 1 atom stereocenters. The van der Waals surface area contributed by atoms with Crippen molar-refractivity contribution >= 4 is 48.7 Å². The molecule has 0 radical (unpaired) electrons. The van der Waals surface area contributed by atoms with Gasteiger partial charge in [-0.1, -0.05) is 36.4 Å². The highest BCUT2D eigenvalue weighted by Gasteiger charge is 2.43. The number of benzene rings is 2. The third-order valence-electron chi connectivity index (χ3n) is 4.41. The van der Waals surface area contributed by atoms with Crippen LogP contribution in [0.3, 0.4) is 0 Å². The van der Waals surface area contributed by atoms with E-state index in [0.717, 1.165) is 0 Å². The molecule has 0 saturated heterocycles. The minimum absolute atomic E-state index is 0.00869. The van der Waals surface area contributed by atoms with E-state index in [9.17, 15) is 16.8 Å². The molecule has 0 bridgehead atoms. The molecular weight excluding hydrogens is 432 g/mol. The van der Waals surface area contributed by atoms with Gasteiger partial charge in [0.25, 0.3) is 0 Å². The zero-order valence-corrected chi connectivity index (χ0v) is 17.5. The van der Waals surface area contributed by atoms with Gasteiger partial charge in [0.15, 0.2) is 19.7 Å². The molecule has 0 fully saturated rings. The first-order chi connectivity index (χ1) is 13.6. The minimum Gasteiger partial charge on any atom is -0.386 e. The van der Waals surface area contributed by atoms with Crippen molar-refractivity contribution in [2.45, 2.75) is 15.0 Å². The Morgan fingerprint density at radius 2 is 1.28 bits per heavy atom. The predicted octanol–water partition coefficient (Wildman–Crippen LogP) is 0.932. The summed E-state index contributed by atoms with van der Waals surface area (Å²) in [5.41, 5.74) is 11.9. The molecule has 2 aromatic rings. The normalized spacial score (nSPS) is 16.8. The van der Waals surface area contributed by atoms with Gasteiger partial charge in [-0.15, -0.1) is 0 Å². The molecule has 1 aliphatic heterocycles. The molecule has 8 nitrogen and oxygen atoms in total. The molecule has 2 aromatic carbocycles. The number of hydrogen-bond acceptors (Lipinski definition) is 7. The van der Waals surface area contributed by atoms with Crippen LogP contribution in [0.25, 0.3) is 0 Å². The van der Waals surface area contributed by atoms with Gasteiger partial charge < -0.3 is 11.5 Å². The molecule has 3 rings (SSSR count). The van der Waals surface area contributed by atoms with Crippen LogP contribution < -0.4 is 11.5 Å². The summed E-state index contributed by atoms with van der Waals surface area (Å²) < 4.78 is 52.8. The third-order valence-corrected chi connectivity index (χ3v) is 8.76. The van der Waals surface area contributed by atoms with E-state index in [-0.39, 0.29) is 26.6 Å². The van der Waals surface area contributed by atoms with E-state index < -0.39 is 36.6 Å². The lowest BCUT2D eigenvalue weighted by molar-refractivity contribution is 0.567. The third kappa shape index (κ3) is 4.36. The molecule has 0 amide bonds. The summed E-state index contributed by atoms with van der Waals surface area (Å²) in [6.07, 6.45) is 0. The number of amidine groups is 2. The van der Waals surface area contributed by atoms with Gasteiger partial charge >= 0.3 is 0 Å². The maximum absolute atomic E-state index is 13.4. The first-order valence-corrected chi connectivity index (χ1v) is 12.0. The maximum Gasteiger partial charge on any atom is 0.222 e. The Morgan fingerprint density at radius 3 is 1.76 bits per heavy atom. The zero-order chi connectivity index (χ0) is 21.2. The van der Waals surface area contributed by atoms with Crippen molar-refractivity contribution in [2.75, 3.05) is 5.75 Å². The second-order valence-corrected chi connectivity index (χ2v) is 10.9. The number of thiocarbonyl (C=S) groups is 1. The smallest absolute Gasteiger partial charge is 0.222 e. The van der Waals surface area contributed by atoms with E-state index in [2.05, 4.69) is 9.98 Å². The summed E-state index contributed by atoms with van der Waals surface area (Å²) >= 11 is 4.87. The number of nitrogens with two attached hydrogens (primary N) is 2. The van der Waals surface area contributed by atoms with Crippen LogP contribution >= 0.6 is 12.2 Å². The van der Waals surface area contributed by atoms with Crippen molar-refractivity contribution in [1.82, 2.24) is 0 Å². The largest absolute Gasteiger partial charge is 0.386 e. The molecule has 29 heavy (non-hydrogen) atoms. The first-order valence-electron chi connectivity index (χ1n) is 8.42. The average molecular weight is 451 g/mol. The topological polar surface area (TPSA) is 145 Å². The van der Waals surface area contributed by atoms with Crippen molar-refractivity contribution in [2.24, 2.45) is 27.4 Å². The van der Waals surface area contributed by atoms with Gasteiger partial charge in [0, 0.05) is 0 Å². The Kier molecular flexibility index (Phi) is 5.82. The number of aliphatic imine (C=N–C) groups is 2. The first kappa shape index (κ1) is 21.1. The summed E-state index contributed by atoms with van der Waals surface area (Å²) in [5.74, 6) is -2.35. The van der Waals surface area contributed by atoms with Crippen LogP contribution in [0.5, 0.6) is 0 Å². The highest BCUT2D eigenvalue weighted by atomic mass is 32.2. The SMILES string of the molecule is NC1=NC(=S)N=C(N)C1C(CS(=O)(=O)c1ccccc1)S(=O)(=O)c1ccccc1. The molecule has 0 aliphatic carbocycles. The van der Waals surface area contributed by atoms with Crippen LogP contribution in [0, 0.1) is 5.92 Å². The lowest BCUT2D eigenvalue weighted by atomic mass is 10.0. The van der Waals surface area contributed by atoms with Gasteiger partial charge in [-0.3, -0.25) is 0 Å². The van der Waals surface area contributed by atoms with Crippen LogP contribution in [-0.4, -0.2) is 44.6 Å². The predicted molar refractivity (Wildman–Crippen MR) is 115 cm³/mol. The zero-order valence-electron chi connectivity index (χ0n) is 15.0. The van der Waals surface area contributed by atoms with Gasteiger partial charge in [-0.05, 0) is 36.5 Å². The molecule has 4 N–H and O–H groups in total. The summed E-state index contributed by atoms with van der Waals surface area (Å²) in [7, 11) is -8.16. The lowest BCUT2D eigenvalue weighted by Gasteiger charge is -2.28. The van der Waals surface area contributed by atoms with Gasteiger partial charge in [0.2, 0.25) is 5.11 Å². The van der Waals surface area contributed by atoms with Gasteiger partial charge in [0.1, 0.15) is 11.7 Å². The van der Waals surface area contributed by atoms with Gasteiger partial charge in [-0.25, -0.2) is 26.8 Å². The van der Waals surface area contributed by atoms with Crippen molar-refractivity contribution in [3.05, 3.63) is 60.7 Å². The summed E-state index contributed by atoms with van der Waals surface area (Å²) in [5, 5.41) is -1.68. The summed E-state index contributed by atoms with van der Waals surface area (Å²) in [4.78, 5) is 7.63. The van der Waals surface area contributed by atoms with E-state index in [0.29, 0.717) is 0 Å². The Hall–Kier alpha value is -2.63. The summed E-state index contributed by atoms with van der Waals surface area (Å²) in [6.45, 7) is 0. The van der Waals surface area contributed by atoms with E-state index in [1.807, 2.05) is 0 Å². The minimum atomic E-state index is -4.17. The number of nitrogens with zero attached hydrogens (tertiary/aromatic N) is 2. The Labute approximate surface area is 174 Å². The van der Waals surface area contributed by atoms with Crippen molar-refractivity contribution in [3.8, 4) is 0 Å². The van der Waals surface area contributed by atoms with Crippen LogP contribution in [0.4, 0.5) is 0 Å². The van der Waals surface area contributed by atoms with Crippen molar-refractivity contribution in [1.29, 1.82) is 0 Å². The quantitative estimate of drug-likeness (QED) is 0.623. The molecule has 1 aliphatic rings. The van der Waals surface area contributed by atoms with E-state index >= 15 is 0 Å². The molecule has 0 saturated carbocycles. The second kappa shape index (κ2) is 8.01.